The smallest absolute Gasteiger partial charge is 0.126 e. The fraction of sp³-hybridized carbons (Fsp3) is 0.222. The molecule has 0 atom stereocenters. The van der Waals surface area contributed by atoms with Crippen molar-refractivity contribution in [3.8, 4) is 11.5 Å². The van der Waals surface area contributed by atoms with Crippen LogP contribution in [0.15, 0.2) is 60.7 Å². The van der Waals surface area contributed by atoms with Crippen molar-refractivity contribution in [3.05, 3.63) is 71.8 Å². The van der Waals surface area contributed by atoms with Crippen LogP contribution in [0.2, 0.25) is 19.1 Å². The average Bonchev–Trinajstić information content (AvgIpc) is 2.46. The number of aryl methyl sites for hydroxylation is 1. The average molecular weight is 264 g/mol. The third-order valence-corrected chi connectivity index (χ3v) is 5.50. The molecule has 0 aliphatic carbocycles. The van der Waals surface area contributed by atoms with Crippen LogP contribution in [-0.4, -0.2) is 8.07 Å². The van der Waals surface area contributed by atoms with Gasteiger partial charge in [0.1, 0.15) is 8.07 Å². The standard InChI is InChI=1S/C18H20Si/c1-19(2,15-13-17-9-5-3-6-10-17)16-14-18-11-7-4-8-12-18/h3-12H,13,15H2,1-2H3. The third kappa shape index (κ3) is 4.77. The minimum Gasteiger partial charge on any atom is -0.126 e. The highest BCUT2D eigenvalue weighted by Crippen LogP contribution is 2.13. The van der Waals surface area contributed by atoms with Gasteiger partial charge in [-0.25, -0.2) is 0 Å². The normalized spacial score (nSPS) is 10.6. The summed E-state index contributed by atoms with van der Waals surface area (Å²) < 4.78 is 0. The summed E-state index contributed by atoms with van der Waals surface area (Å²) in [4.78, 5) is 0. The van der Waals surface area contributed by atoms with E-state index >= 15 is 0 Å². The summed E-state index contributed by atoms with van der Waals surface area (Å²) in [6.45, 7) is 4.71. The Morgan fingerprint density at radius 1 is 0.842 bits per heavy atom. The van der Waals surface area contributed by atoms with Gasteiger partial charge in [-0.2, -0.15) is 0 Å². The first-order valence-electron chi connectivity index (χ1n) is 6.78. The molecular formula is C18H20Si. The Morgan fingerprint density at radius 3 is 2.05 bits per heavy atom. The van der Waals surface area contributed by atoms with E-state index in [4.69, 9.17) is 0 Å². The lowest BCUT2D eigenvalue weighted by molar-refractivity contribution is 1.10. The van der Waals surface area contributed by atoms with Gasteiger partial charge in [-0.15, -0.1) is 5.54 Å². The molecule has 2 aromatic rings. The predicted octanol–water partition coefficient (Wildman–Crippen LogP) is 4.53. The summed E-state index contributed by atoms with van der Waals surface area (Å²) in [5.41, 5.74) is 6.08. The van der Waals surface area contributed by atoms with E-state index in [2.05, 4.69) is 67.0 Å². The SMILES string of the molecule is C[Si](C)(C#Cc1ccccc1)CCc1ccccc1. The molecule has 0 aliphatic rings. The molecule has 0 aromatic heterocycles. The Hall–Kier alpha value is -1.78. The van der Waals surface area contributed by atoms with E-state index < -0.39 is 8.07 Å². The second-order valence-corrected chi connectivity index (χ2v) is 10.0. The minimum absolute atomic E-state index is 1.13. The topological polar surface area (TPSA) is 0 Å². The first-order chi connectivity index (χ1) is 9.16. The van der Waals surface area contributed by atoms with Crippen molar-refractivity contribution in [2.75, 3.05) is 0 Å². The molecule has 2 aromatic carbocycles. The van der Waals surface area contributed by atoms with Crippen LogP contribution in [0.1, 0.15) is 11.1 Å². The Labute approximate surface area is 117 Å². The van der Waals surface area contributed by atoms with Gasteiger partial charge in [-0.3, -0.25) is 0 Å². The Morgan fingerprint density at radius 2 is 1.42 bits per heavy atom. The quantitative estimate of drug-likeness (QED) is 0.564. The first-order valence-corrected chi connectivity index (χ1v) is 9.99. The van der Waals surface area contributed by atoms with Crippen LogP contribution in [-0.2, 0) is 6.42 Å². The zero-order valence-electron chi connectivity index (χ0n) is 11.7. The molecule has 0 unspecified atom stereocenters. The van der Waals surface area contributed by atoms with Crippen LogP contribution >= 0.6 is 0 Å². The molecule has 0 N–H and O–H groups in total. The molecule has 0 saturated carbocycles. The zero-order valence-corrected chi connectivity index (χ0v) is 12.7. The number of rotatable bonds is 3. The van der Waals surface area contributed by atoms with Crippen LogP contribution in [0, 0.1) is 11.5 Å². The second-order valence-electron chi connectivity index (χ2n) is 5.49. The van der Waals surface area contributed by atoms with Crippen LogP contribution < -0.4 is 0 Å². The van der Waals surface area contributed by atoms with Gasteiger partial charge >= 0.3 is 0 Å². The van der Waals surface area contributed by atoms with Crippen molar-refractivity contribution in [1.82, 2.24) is 0 Å². The van der Waals surface area contributed by atoms with Gasteiger partial charge in [0.05, 0.1) is 0 Å². The third-order valence-electron chi connectivity index (χ3n) is 3.20. The van der Waals surface area contributed by atoms with Crippen molar-refractivity contribution < 1.29 is 0 Å². The highest BCUT2D eigenvalue weighted by atomic mass is 28.3. The van der Waals surface area contributed by atoms with Crippen molar-refractivity contribution in [3.63, 3.8) is 0 Å². The van der Waals surface area contributed by atoms with E-state index in [-0.39, 0.29) is 0 Å². The molecule has 0 heterocycles. The largest absolute Gasteiger partial charge is 0.133 e. The molecule has 0 aliphatic heterocycles. The Kier molecular flexibility index (Phi) is 4.60. The van der Waals surface area contributed by atoms with Gasteiger partial charge in [0.15, 0.2) is 0 Å². The molecule has 0 spiro atoms. The lowest BCUT2D eigenvalue weighted by Gasteiger charge is -2.14. The minimum atomic E-state index is -1.43. The van der Waals surface area contributed by atoms with Gasteiger partial charge in [-0.1, -0.05) is 67.5 Å². The Balaban J connectivity index is 1.98. The second kappa shape index (κ2) is 6.40. The maximum Gasteiger partial charge on any atom is 0.133 e. The predicted molar refractivity (Wildman–Crippen MR) is 85.8 cm³/mol. The lowest BCUT2D eigenvalue weighted by Crippen LogP contribution is -2.23. The summed E-state index contributed by atoms with van der Waals surface area (Å²) in [5.74, 6) is 3.33. The van der Waals surface area contributed by atoms with Crippen molar-refractivity contribution in [1.29, 1.82) is 0 Å². The van der Waals surface area contributed by atoms with Crippen LogP contribution in [0.25, 0.3) is 0 Å². The first kappa shape index (κ1) is 13.6. The fourth-order valence-electron chi connectivity index (χ4n) is 1.93. The van der Waals surface area contributed by atoms with Gasteiger partial charge in [-0.05, 0) is 30.2 Å². The number of hydrogen-bond acceptors (Lipinski definition) is 0. The molecule has 0 fully saturated rings. The van der Waals surface area contributed by atoms with Crippen LogP contribution in [0.4, 0.5) is 0 Å². The van der Waals surface area contributed by atoms with Crippen molar-refractivity contribution in [2.45, 2.75) is 25.6 Å². The van der Waals surface area contributed by atoms with Gasteiger partial charge in [0.25, 0.3) is 0 Å². The summed E-state index contributed by atoms with van der Waals surface area (Å²) in [7, 11) is -1.43. The highest BCUT2D eigenvalue weighted by molar-refractivity contribution is 6.85. The van der Waals surface area contributed by atoms with E-state index in [9.17, 15) is 0 Å². The monoisotopic (exact) mass is 264 g/mol. The fourth-order valence-corrected chi connectivity index (χ4v) is 3.45. The lowest BCUT2D eigenvalue weighted by atomic mass is 10.2. The molecule has 2 rings (SSSR count). The van der Waals surface area contributed by atoms with Crippen molar-refractivity contribution >= 4 is 8.07 Å². The summed E-state index contributed by atoms with van der Waals surface area (Å²) >= 11 is 0. The van der Waals surface area contributed by atoms with E-state index in [0.29, 0.717) is 0 Å². The molecule has 19 heavy (non-hydrogen) atoms. The number of hydrogen-bond donors (Lipinski definition) is 0. The van der Waals surface area contributed by atoms with Gasteiger partial charge in [0, 0.05) is 5.56 Å². The molecule has 0 nitrogen and oxygen atoms in total. The molecule has 96 valence electrons. The Bertz CT molecular complexity index is 559. The van der Waals surface area contributed by atoms with E-state index in [1.807, 2.05) is 18.2 Å². The molecule has 0 saturated heterocycles. The van der Waals surface area contributed by atoms with E-state index in [0.717, 1.165) is 12.0 Å². The summed E-state index contributed by atoms with van der Waals surface area (Å²) in [5, 5.41) is 0. The van der Waals surface area contributed by atoms with Crippen molar-refractivity contribution in [2.24, 2.45) is 0 Å². The molecule has 0 radical (unpaired) electrons. The van der Waals surface area contributed by atoms with Crippen LogP contribution in [0.5, 0.6) is 0 Å². The maximum atomic E-state index is 3.53. The number of benzene rings is 2. The van der Waals surface area contributed by atoms with E-state index in [1.54, 1.807) is 0 Å². The summed E-state index contributed by atoms with van der Waals surface area (Å²) in [6.07, 6.45) is 1.14. The van der Waals surface area contributed by atoms with Crippen LogP contribution in [0.3, 0.4) is 0 Å². The van der Waals surface area contributed by atoms with E-state index in [1.165, 1.54) is 11.6 Å². The zero-order chi connectivity index (χ0) is 13.6. The maximum absolute atomic E-state index is 3.53. The summed E-state index contributed by atoms with van der Waals surface area (Å²) in [6, 6.07) is 22.2. The highest BCUT2D eigenvalue weighted by Gasteiger charge is 2.17. The molecule has 1 heteroatoms. The molecule has 0 amide bonds. The van der Waals surface area contributed by atoms with Gasteiger partial charge < -0.3 is 0 Å². The molecule has 0 bridgehead atoms. The van der Waals surface area contributed by atoms with Gasteiger partial charge in [0.2, 0.25) is 0 Å². The molecular weight excluding hydrogens is 244 g/mol.